The van der Waals surface area contributed by atoms with Gasteiger partial charge in [-0.05, 0) is 31.9 Å². The Balaban J connectivity index is 3.12. The first-order chi connectivity index (χ1) is 6.93. The van der Waals surface area contributed by atoms with Crippen LogP contribution in [-0.2, 0) is 0 Å². The molecule has 0 spiro atoms. The lowest BCUT2D eigenvalue weighted by atomic mass is 9.95. The van der Waals surface area contributed by atoms with Gasteiger partial charge >= 0.3 is 0 Å². The summed E-state index contributed by atoms with van der Waals surface area (Å²) >= 11 is 0. The molecule has 0 amide bonds. The molecule has 0 saturated carbocycles. The Labute approximate surface area is 90.4 Å². The third-order valence-electron chi connectivity index (χ3n) is 2.41. The summed E-state index contributed by atoms with van der Waals surface area (Å²) in [5.74, 6) is 0.101. The quantitative estimate of drug-likeness (QED) is 0.403. The van der Waals surface area contributed by atoms with Crippen LogP contribution in [0.2, 0.25) is 0 Å². The van der Waals surface area contributed by atoms with E-state index in [1.165, 1.54) is 0 Å². The van der Waals surface area contributed by atoms with E-state index in [0.29, 0.717) is 12.1 Å². The molecule has 0 heterocycles. The normalized spacial score (nSPS) is 12.5. The number of aryl methyl sites for hydroxylation is 1. The fourth-order valence-corrected chi connectivity index (χ4v) is 1.67. The second kappa shape index (κ2) is 4.36. The Bertz CT molecular complexity index is 385. The van der Waals surface area contributed by atoms with Gasteiger partial charge in [-0.15, -0.1) is 6.58 Å². The van der Waals surface area contributed by atoms with Crippen LogP contribution in [-0.4, -0.2) is 5.11 Å². The van der Waals surface area contributed by atoms with Crippen LogP contribution >= 0.6 is 0 Å². The average Bonchev–Trinajstić information content (AvgIpc) is 2.11. The Kier molecular flexibility index (Phi) is 3.37. The van der Waals surface area contributed by atoms with Gasteiger partial charge in [-0.3, -0.25) is 0 Å². The van der Waals surface area contributed by atoms with Crippen LogP contribution in [0.5, 0.6) is 5.75 Å². The molecule has 15 heavy (non-hydrogen) atoms. The van der Waals surface area contributed by atoms with Crippen molar-refractivity contribution in [1.82, 2.24) is 0 Å². The van der Waals surface area contributed by atoms with Crippen molar-refractivity contribution in [2.75, 3.05) is 5.73 Å². The highest BCUT2D eigenvalue weighted by Gasteiger charge is 2.15. The molecule has 0 aliphatic heterocycles. The van der Waals surface area contributed by atoms with E-state index >= 15 is 0 Å². The van der Waals surface area contributed by atoms with Crippen molar-refractivity contribution in [3.8, 4) is 5.75 Å². The molecule has 1 atom stereocenters. The maximum absolute atomic E-state index is 9.83. The predicted molar refractivity (Wildman–Crippen MR) is 63.6 cm³/mol. The highest BCUT2D eigenvalue weighted by molar-refractivity contribution is 5.59. The molecule has 0 unspecified atom stereocenters. The van der Waals surface area contributed by atoms with Crippen molar-refractivity contribution in [3.63, 3.8) is 0 Å². The van der Waals surface area contributed by atoms with Crippen LogP contribution in [0.15, 0.2) is 24.3 Å². The Hall–Kier alpha value is -1.48. The predicted octanol–water partition coefficient (Wildman–Crippen LogP) is 2.25. The molecule has 3 nitrogen and oxygen atoms in total. The van der Waals surface area contributed by atoms with Gasteiger partial charge in [0.2, 0.25) is 0 Å². The molecule has 1 aromatic carbocycles. The fourth-order valence-electron chi connectivity index (χ4n) is 1.67. The van der Waals surface area contributed by atoms with Crippen LogP contribution in [0.25, 0.3) is 0 Å². The molecule has 1 aromatic rings. The summed E-state index contributed by atoms with van der Waals surface area (Å²) in [6, 6.07) is 3.30. The Morgan fingerprint density at radius 3 is 2.67 bits per heavy atom. The zero-order valence-electron chi connectivity index (χ0n) is 9.25. The minimum absolute atomic E-state index is 0.101. The Morgan fingerprint density at radius 1 is 1.53 bits per heavy atom. The van der Waals surface area contributed by atoms with Crippen molar-refractivity contribution in [1.29, 1.82) is 0 Å². The van der Waals surface area contributed by atoms with Gasteiger partial charge in [-0.1, -0.05) is 11.6 Å². The molecule has 0 aliphatic rings. The molecule has 0 bridgehead atoms. The Morgan fingerprint density at radius 2 is 2.13 bits per heavy atom. The average molecular weight is 206 g/mol. The van der Waals surface area contributed by atoms with E-state index in [2.05, 4.69) is 6.58 Å². The maximum Gasteiger partial charge on any atom is 0.143 e. The molecule has 0 aliphatic carbocycles. The summed E-state index contributed by atoms with van der Waals surface area (Å²) in [5, 5.41) is 9.83. The topological polar surface area (TPSA) is 72.3 Å². The van der Waals surface area contributed by atoms with Gasteiger partial charge < -0.3 is 16.6 Å². The number of phenols is 1. The van der Waals surface area contributed by atoms with Crippen molar-refractivity contribution in [3.05, 3.63) is 35.4 Å². The first-order valence-electron chi connectivity index (χ1n) is 4.91. The minimum Gasteiger partial charge on any atom is -0.505 e. The lowest BCUT2D eigenvalue weighted by Gasteiger charge is -2.17. The first-order valence-corrected chi connectivity index (χ1v) is 4.91. The summed E-state index contributed by atoms with van der Waals surface area (Å²) in [7, 11) is 0. The smallest absolute Gasteiger partial charge is 0.143 e. The summed E-state index contributed by atoms with van der Waals surface area (Å²) < 4.78 is 0. The number of phenolic OH excluding ortho intramolecular Hbond substituents is 1. The van der Waals surface area contributed by atoms with Crippen molar-refractivity contribution >= 4 is 5.69 Å². The van der Waals surface area contributed by atoms with Crippen LogP contribution in [0.4, 0.5) is 5.69 Å². The van der Waals surface area contributed by atoms with E-state index < -0.39 is 0 Å². The highest BCUT2D eigenvalue weighted by atomic mass is 16.3. The second-order valence-electron chi connectivity index (χ2n) is 4.00. The standard InChI is InChI=1S/C12H18N2O/c1-7(2)6-10(14)11-8(3)4-5-9(13)12(11)15/h4-5,10,15H,1,6,13-14H2,2-3H3/t10-/m1/s1. The summed E-state index contributed by atoms with van der Waals surface area (Å²) in [6.45, 7) is 7.63. The molecule has 0 fully saturated rings. The van der Waals surface area contributed by atoms with E-state index in [1.54, 1.807) is 6.07 Å². The largest absolute Gasteiger partial charge is 0.505 e. The summed E-state index contributed by atoms with van der Waals surface area (Å²) in [4.78, 5) is 0. The molecule has 82 valence electrons. The van der Waals surface area contributed by atoms with Gasteiger partial charge in [0, 0.05) is 11.6 Å². The molecule has 0 saturated heterocycles. The molecular formula is C12H18N2O. The maximum atomic E-state index is 9.83. The van der Waals surface area contributed by atoms with Crippen molar-refractivity contribution in [2.24, 2.45) is 5.73 Å². The van der Waals surface area contributed by atoms with Gasteiger partial charge in [-0.2, -0.15) is 0 Å². The lowest BCUT2D eigenvalue weighted by Crippen LogP contribution is -2.13. The number of rotatable bonds is 3. The fraction of sp³-hybridized carbons (Fsp3) is 0.333. The number of anilines is 1. The molecular weight excluding hydrogens is 188 g/mol. The van der Waals surface area contributed by atoms with Crippen molar-refractivity contribution < 1.29 is 5.11 Å². The van der Waals surface area contributed by atoms with E-state index in [1.807, 2.05) is 19.9 Å². The third kappa shape index (κ3) is 2.50. The number of hydrogen-bond donors (Lipinski definition) is 3. The number of benzene rings is 1. The molecule has 5 N–H and O–H groups in total. The monoisotopic (exact) mass is 206 g/mol. The molecule has 0 radical (unpaired) electrons. The van der Waals surface area contributed by atoms with Gasteiger partial charge in [0.15, 0.2) is 0 Å². The van der Waals surface area contributed by atoms with Crippen LogP contribution < -0.4 is 11.5 Å². The van der Waals surface area contributed by atoms with E-state index in [-0.39, 0.29) is 11.8 Å². The molecule has 0 aromatic heterocycles. The zero-order chi connectivity index (χ0) is 11.6. The van der Waals surface area contributed by atoms with E-state index in [4.69, 9.17) is 11.5 Å². The molecule has 1 rings (SSSR count). The third-order valence-corrected chi connectivity index (χ3v) is 2.41. The minimum atomic E-state index is -0.244. The SMILES string of the molecule is C=C(C)C[C@@H](N)c1c(C)ccc(N)c1O. The zero-order valence-corrected chi connectivity index (χ0v) is 9.25. The lowest BCUT2D eigenvalue weighted by molar-refractivity contribution is 0.463. The van der Waals surface area contributed by atoms with Gasteiger partial charge in [-0.25, -0.2) is 0 Å². The van der Waals surface area contributed by atoms with Crippen LogP contribution in [0, 0.1) is 6.92 Å². The van der Waals surface area contributed by atoms with E-state index in [0.717, 1.165) is 16.7 Å². The van der Waals surface area contributed by atoms with Gasteiger partial charge in [0.25, 0.3) is 0 Å². The highest BCUT2D eigenvalue weighted by Crippen LogP contribution is 2.33. The number of nitrogen functional groups attached to an aromatic ring is 1. The van der Waals surface area contributed by atoms with Crippen molar-refractivity contribution in [2.45, 2.75) is 26.3 Å². The van der Waals surface area contributed by atoms with Gasteiger partial charge in [0.1, 0.15) is 5.75 Å². The van der Waals surface area contributed by atoms with Crippen LogP contribution in [0.3, 0.4) is 0 Å². The number of nitrogens with two attached hydrogens (primary N) is 2. The first kappa shape index (κ1) is 11.6. The van der Waals surface area contributed by atoms with Crippen LogP contribution in [0.1, 0.15) is 30.5 Å². The summed E-state index contributed by atoms with van der Waals surface area (Å²) in [5.41, 5.74) is 14.7. The number of hydrogen-bond acceptors (Lipinski definition) is 3. The van der Waals surface area contributed by atoms with Gasteiger partial charge in [0.05, 0.1) is 5.69 Å². The molecule has 3 heteroatoms. The second-order valence-corrected chi connectivity index (χ2v) is 4.00. The number of aromatic hydroxyl groups is 1. The van der Waals surface area contributed by atoms with E-state index in [9.17, 15) is 5.11 Å². The summed E-state index contributed by atoms with van der Waals surface area (Å²) in [6.07, 6.45) is 0.651.